The second-order valence-corrected chi connectivity index (χ2v) is 4.78. The molecule has 2 aromatic heterocycles. The summed E-state index contributed by atoms with van der Waals surface area (Å²) in [5.41, 5.74) is 1.91. The van der Waals surface area contributed by atoms with Crippen LogP contribution in [0.5, 0.6) is 0 Å². The van der Waals surface area contributed by atoms with E-state index in [9.17, 15) is 4.79 Å². The number of nitrogens with zero attached hydrogens (tertiary/aromatic N) is 1. The first kappa shape index (κ1) is 12.1. The number of ketones is 1. The number of nitrogens with one attached hydrogen (secondary N) is 1. The summed E-state index contributed by atoms with van der Waals surface area (Å²) in [4.78, 5) is 18.9. The van der Waals surface area contributed by atoms with Crippen LogP contribution in [0.4, 0.5) is 0 Å². The Morgan fingerprint density at radius 2 is 2.21 bits per heavy atom. The average molecular weight is 321 g/mol. The number of hydrogen-bond acceptors (Lipinski definition) is 4. The first-order valence-electron chi connectivity index (χ1n) is 5.57. The van der Waals surface area contributed by atoms with Crippen LogP contribution < -0.4 is 0 Å². The molecule has 96 valence electrons. The van der Waals surface area contributed by atoms with Crippen LogP contribution in [0, 0.1) is 0 Å². The molecule has 0 aliphatic rings. The molecule has 5 nitrogen and oxygen atoms in total. The third kappa shape index (κ3) is 2.20. The molecule has 0 radical (unpaired) electrons. The standard InChI is InChI=1S/C13H9BrN2O3/c14-12-4-3-11(19-12)13-15-8-2-1-7(10(18)6-17)5-9(8)16-13/h1-5,17H,6H2,(H,15,16). The highest BCUT2D eigenvalue weighted by molar-refractivity contribution is 9.10. The zero-order chi connectivity index (χ0) is 13.4. The summed E-state index contributed by atoms with van der Waals surface area (Å²) in [6.45, 7) is -0.502. The van der Waals surface area contributed by atoms with E-state index in [1.54, 1.807) is 30.3 Å². The van der Waals surface area contributed by atoms with Crippen molar-refractivity contribution in [2.45, 2.75) is 0 Å². The molecule has 1 aromatic carbocycles. The Balaban J connectivity index is 2.08. The van der Waals surface area contributed by atoms with Gasteiger partial charge in [-0.15, -0.1) is 0 Å². The Labute approximate surface area is 116 Å². The predicted octanol–water partition coefficient (Wildman–Crippen LogP) is 2.76. The third-order valence-corrected chi connectivity index (χ3v) is 3.18. The van der Waals surface area contributed by atoms with Crippen LogP contribution in [0.2, 0.25) is 0 Å². The molecule has 0 unspecified atom stereocenters. The van der Waals surface area contributed by atoms with E-state index >= 15 is 0 Å². The highest BCUT2D eigenvalue weighted by Gasteiger charge is 2.11. The number of aromatic nitrogens is 2. The number of aliphatic hydroxyl groups is 1. The molecule has 0 saturated carbocycles. The van der Waals surface area contributed by atoms with Crippen LogP contribution in [-0.4, -0.2) is 27.5 Å². The van der Waals surface area contributed by atoms with Crippen molar-refractivity contribution in [1.82, 2.24) is 9.97 Å². The number of halogens is 1. The van der Waals surface area contributed by atoms with Crippen molar-refractivity contribution in [3.63, 3.8) is 0 Å². The number of aromatic amines is 1. The van der Waals surface area contributed by atoms with Gasteiger partial charge in [0.2, 0.25) is 0 Å². The fraction of sp³-hybridized carbons (Fsp3) is 0.0769. The first-order valence-corrected chi connectivity index (χ1v) is 6.36. The van der Waals surface area contributed by atoms with Crippen molar-refractivity contribution in [2.75, 3.05) is 6.61 Å². The molecule has 0 amide bonds. The maximum atomic E-state index is 11.4. The van der Waals surface area contributed by atoms with Gasteiger partial charge in [-0.25, -0.2) is 4.98 Å². The SMILES string of the molecule is O=C(CO)c1ccc2nc(-c3ccc(Br)o3)[nH]c2c1. The number of carbonyl (C=O) groups is 1. The quantitative estimate of drug-likeness (QED) is 0.727. The molecule has 0 atom stereocenters. The van der Waals surface area contributed by atoms with Gasteiger partial charge in [0.25, 0.3) is 0 Å². The fourth-order valence-corrected chi connectivity index (χ4v) is 2.14. The van der Waals surface area contributed by atoms with Gasteiger partial charge in [-0.2, -0.15) is 0 Å². The Morgan fingerprint density at radius 3 is 2.89 bits per heavy atom. The number of hydrogen-bond donors (Lipinski definition) is 2. The summed E-state index contributed by atoms with van der Waals surface area (Å²) < 4.78 is 6.04. The summed E-state index contributed by atoms with van der Waals surface area (Å²) >= 11 is 3.23. The van der Waals surface area contributed by atoms with Crippen molar-refractivity contribution in [2.24, 2.45) is 0 Å². The maximum absolute atomic E-state index is 11.4. The molecule has 0 spiro atoms. The lowest BCUT2D eigenvalue weighted by Crippen LogP contribution is -2.03. The Bertz CT molecular complexity index is 760. The summed E-state index contributed by atoms with van der Waals surface area (Å²) in [6.07, 6.45) is 0. The number of Topliss-reactive ketones (excluding diaryl/α,β-unsaturated/α-hetero) is 1. The van der Waals surface area contributed by atoms with Gasteiger partial charge in [-0.1, -0.05) is 0 Å². The number of fused-ring (bicyclic) bond motifs is 1. The van der Waals surface area contributed by atoms with E-state index in [-0.39, 0.29) is 5.78 Å². The van der Waals surface area contributed by atoms with E-state index in [1.165, 1.54) is 0 Å². The molecule has 2 heterocycles. The van der Waals surface area contributed by atoms with Crippen LogP contribution in [0.15, 0.2) is 39.4 Å². The number of aliphatic hydroxyl groups excluding tert-OH is 1. The molecule has 3 rings (SSSR count). The molecule has 3 aromatic rings. The third-order valence-electron chi connectivity index (χ3n) is 2.75. The van der Waals surface area contributed by atoms with Gasteiger partial charge in [-0.05, 0) is 46.3 Å². The van der Waals surface area contributed by atoms with Gasteiger partial charge in [0.15, 0.2) is 22.0 Å². The number of carbonyl (C=O) groups excluding carboxylic acids is 1. The first-order chi connectivity index (χ1) is 9.17. The minimum absolute atomic E-state index is 0.321. The zero-order valence-electron chi connectivity index (χ0n) is 9.68. The second kappa shape index (κ2) is 4.64. The highest BCUT2D eigenvalue weighted by Crippen LogP contribution is 2.25. The fourth-order valence-electron chi connectivity index (χ4n) is 1.83. The molecule has 2 N–H and O–H groups in total. The monoisotopic (exact) mass is 320 g/mol. The van der Waals surface area contributed by atoms with Gasteiger partial charge in [-0.3, -0.25) is 4.79 Å². The summed E-state index contributed by atoms with van der Waals surface area (Å²) in [7, 11) is 0. The number of imidazole rings is 1. The summed E-state index contributed by atoms with van der Waals surface area (Å²) in [5.74, 6) is 0.881. The lowest BCUT2D eigenvalue weighted by atomic mass is 10.1. The number of rotatable bonds is 3. The van der Waals surface area contributed by atoms with E-state index in [1.807, 2.05) is 0 Å². The van der Waals surface area contributed by atoms with E-state index in [2.05, 4.69) is 25.9 Å². The van der Waals surface area contributed by atoms with Gasteiger partial charge in [0.1, 0.15) is 6.61 Å². The Morgan fingerprint density at radius 1 is 1.37 bits per heavy atom. The lowest BCUT2D eigenvalue weighted by Gasteiger charge is -1.95. The molecule has 0 aliphatic carbocycles. The van der Waals surface area contributed by atoms with Gasteiger partial charge in [0, 0.05) is 5.56 Å². The largest absolute Gasteiger partial charge is 0.446 e. The predicted molar refractivity (Wildman–Crippen MR) is 72.9 cm³/mol. The van der Waals surface area contributed by atoms with E-state index in [4.69, 9.17) is 9.52 Å². The molecule has 19 heavy (non-hydrogen) atoms. The van der Waals surface area contributed by atoms with Crippen molar-refractivity contribution in [3.05, 3.63) is 40.6 Å². The second-order valence-electron chi connectivity index (χ2n) is 4.00. The van der Waals surface area contributed by atoms with Gasteiger partial charge < -0.3 is 14.5 Å². The number of benzene rings is 1. The van der Waals surface area contributed by atoms with Crippen LogP contribution in [0.3, 0.4) is 0 Å². The highest BCUT2D eigenvalue weighted by atomic mass is 79.9. The van der Waals surface area contributed by atoms with Crippen molar-refractivity contribution >= 4 is 32.7 Å². The number of furan rings is 1. The van der Waals surface area contributed by atoms with Gasteiger partial charge in [0.05, 0.1) is 11.0 Å². The number of H-pyrrole nitrogens is 1. The van der Waals surface area contributed by atoms with Crippen LogP contribution in [0.25, 0.3) is 22.6 Å². The van der Waals surface area contributed by atoms with Crippen molar-refractivity contribution in [3.8, 4) is 11.6 Å². The van der Waals surface area contributed by atoms with Crippen LogP contribution in [0.1, 0.15) is 10.4 Å². The maximum Gasteiger partial charge on any atom is 0.188 e. The molecule has 0 fully saturated rings. The van der Waals surface area contributed by atoms with Crippen molar-refractivity contribution < 1.29 is 14.3 Å². The van der Waals surface area contributed by atoms with E-state index in [0.717, 1.165) is 11.0 Å². The molecule has 6 heteroatoms. The van der Waals surface area contributed by atoms with E-state index in [0.29, 0.717) is 21.8 Å². The molecule has 0 saturated heterocycles. The molecular formula is C13H9BrN2O3. The van der Waals surface area contributed by atoms with E-state index < -0.39 is 6.61 Å². The average Bonchev–Trinajstić information content (AvgIpc) is 3.02. The Hall–Kier alpha value is -1.92. The lowest BCUT2D eigenvalue weighted by molar-refractivity contribution is 0.0904. The molecule has 0 aliphatic heterocycles. The summed E-state index contributed by atoms with van der Waals surface area (Å²) in [6, 6.07) is 8.62. The topological polar surface area (TPSA) is 79.1 Å². The zero-order valence-corrected chi connectivity index (χ0v) is 11.3. The van der Waals surface area contributed by atoms with Crippen LogP contribution in [-0.2, 0) is 0 Å². The van der Waals surface area contributed by atoms with Gasteiger partial charge >= 0.3 is 0 Å². The Kier molecular flexibility index (Phi) is 2.96. The van der Waals surface area contributed by atoms with Crippen molar-refractivity contribution in [1.29, 1.82) is 0 Å². The molecule has 0 bridgehead atoms. The minimum Gasteiger partial charge on any atom is -0.446 e. The normalized spacial score (nSPS) is 11.1. The minimum atomic E-state index is -0.502. The molecular weight excluding hydrogens is 312 g/mol. The smallest absolute Gasteiger partial charge is 0.188 e. The summed E-state index contributed by atoms with van der Waals surface area (Å²) in [5, 5.41) is 8.85. The van der Waals surface area contributed by atoms with Crippen LogP contribution >= 0.6 is 15.9 Å².